The number of hydrogen-bond acceptors (Lipinski definition) is 7. The van der Waals surface area contributed by atoms with Crippen molar-refractivity contribution in [2.45, 2.75) is 18.0 Å². The highest BCUT2D eigenvalue weighted by atomic mass is 32.2. The van der Waals surface area contributed by atoms with Crippen LogP contribution in [0.2, 0.25) is 0 Å². The van der Waals surface area contributed by atoms with Crippen LogP contribution in [0.5, 0.6) is 0 Å². The van der Waals surface area contributed by atoms with Gasteiger partial charge in [0.2, 0.25) is 16.4 Å². The van der Waals surface area contributed by atoms with E-state index in [1.54, 1.807) is 5.38 Å². The molecule has 0 aliphatic heterocycles. The lowest BCUT2D eigenvalue weighted by Crippen LogP contribution is -2.24. The van der Waals surface area contributed by atoms with Crippen LogP contribution in [0, 0.1) is 0 Å². The number of thiophene rings is 1. The van der Waals surface area contributed by atoms with Gasteiger partial charge in [-0.25, -0.2) is 13.1 Å². The van der Waals surface area contributed by atoms with Gasteiger partial charge in [-0.3, -0.25) is 0 Å². The summed E-state index contributed by atoms with van der Waals surface area (Å²) in [6.45, 7) is -0.365. The average molecular weight is 275 g/mol. The van der Waals surface area contributed by atoms with E-state index in [-0.39, 0.29) is 23.9 Å². The van der Waals surface area contributed by atoms with Gasteiger partial charge in [0.15, 0.2) is 5.82 Å². The second-order valence-electron chi connectivity index (χ2n) is 3.04. The largest absolute Gasteiger partial charge is 0.391 e. The number of rotatable bonds is 5. The molecule has 0 aliphatic rings. The Hall–Kier alpha value is -1.29. The maximum atomic E-state index is 11.9. The third kappa shape index (κ3) is 2.69. The van der Waals surface area contributed by atoms with Crippen molar-refractivity contribution in [1.29, 1.82) is 0 Å². The Balaban J connectivity index is 2.14. The number of aromatic nitrogens is 2. The molecule has 0 saturated heterocycles. The van der Waals surface area contributed by atoms with E-state index in [4.69, 9.17) is 5.11 Å². The van der Waals surface area contributed by atoms with E-state index < -0.39 is 10.0 Å². The summed E-state index contributed by atoms with van der Waals surface area (Å²) >= 11 is 1.18. The SMILES string of the molecule is O=S(=O)(NCc1ncon1)c1ccsc1CO. The van der Waals surface area contributed by atoms with E-state index in [0.717, 1.165) is 6.39 Å². The molecule has 0 amide bonds. The summed E-state index contributed by atoms with van der Waals surface area (Å²) < 4.78 is 30.5. The topological polar surface area (TPSA) is 105 Å². The summed E-state index contributed by atoms with van der Waals surface area (Å²) in [6, 6.07) is 1.44. The van der Waals surface area contributed by atoms with Gasteiger partial charge in [0.25, 0.3) is 0 Å². The molecule has 0 unspecified atom stereocenters. The molecule has 0 aromatic carbocycles. The zero-order valence-corrected chi connectivity index (χ0v) is 10.2. The van der Waals surface area contributed by atoms with E-state index in [1.807, 2.05) is 0 Å². The van der Waals surface area contributed by atoms with E-state index in [1.165, 1.54) is 17.4 Å². The minimum absolute atomic E-state index is 0.0560. The van der Waals surface area contributed by atoms with Crippen LogP contribution in [0.3, 0.4) is 0 Å². The summed E-state index contributed by atoms with van der Waals surface area (Å²) in [6.07, 6.45) is 1.12. The maximum absolute atomic E-state index is 11.9. The van der Waals surface area contributed by atoms with E-state index in [9.17, 15) is 8.42 Å². The molecular weight excluding hydrogens is 266 g/mol. The van der Waals surface area contributed by atoms with Gasteiger partial charge in [0, 0.05) is 4.88 Å². The van der Waals surface area contributed by atoms with Gasteiger partial charge >= 0.3 is 0 Å². The van der Waals surface area contributed by atoms with Crippen LogP contribution in [-0.2, 0) is 23.2 Å². The second-order valence-corrected chi connectivity index (χ2v) is 5.77. The Bertz CT molecular complexity index is 576. The van der Waals surface area contributed by atoms with Crippen LogP contribution < -0.4 is 4.72 Å². The molecule has 17 heavy (non-hydrogen) atoms. The Morgan fingerprint density at radius 3 is 3.00 bits per heavy atom. The van der Waals surface area contributed by atoms with Crippen molar-refractivity contribution < 1.29 is 18.0 Å². The summed E-state index contributed by atoms with van der Waals surface area (Å²) in [5.74, 6) is 0.245. The standard InChI is InChI=1S/C8H9N3O4S2/c12-4-6-7(1-2-16-6)17(13,14)10-3-8-9-5-15-11-8/h1-2,5,10,12H,3-4H2. The summed E-state index contributed by atoms with van der Waals surface area (Å²) in [7, 11) is -3.66. The number of nitrogens with zero attached hydrogens (tertiary/aromatic N) is 2. The van der Waals surface area contributed by atoms with Crippen molar-refractivity contribution in [3.05, 3.63) is 28.5 Å². The van der Waals surface area contributed by atoms with Crippen molar-refractivity contribution >= 4 is 21.4 Å². The number of aliphatic hydroxyl groups excluding tert-OH is 1. The maximum Gasteiger partial charge on any atom is 0.242 e. The monoisotopic (exact) mass is 275 g/mol. The van der Waals surface area contributed by atoms with E-state index in [2.05, 4.69) is 19.4 Å². The fraction of sp³-hybridized carbons (Fsp3) is 0.250. The number of sulfonamides is 1. The van der Waals surface area contributed by atoms with E-state index in [0.29, 0.717) is 4.88 Å². The third-order valence-corrected chi connectivity index (χ3v) is 4.49. The van der Waals surface area contributed by atoms with Gasteiger partial charge in [-0.15, -0.1) is 11.3 Å². The fourth-order valence-corrected chi connectivity index (χ4v) is 3.46. The van der Waals surface area contributed by atoms with Gasteiger partial charge in [-0.1, -0.05) is 5.16 Å². The van der Waals surface area contributed by atoms with Crippen molar-refractivity contribution in [2.24, 2.45) is 0 Å². The Labute approximate surface area is 101 Å². The number of hydrogen-bond donors (Lipinski definition) is 2. The molecule has 92 valence electrons. The van der Waals surface area contributed by atoms with E-state index >= 15 is 0 Å². The molecule has 2 heterocycles. The van der Waals surface area contributed by atoms with Crippen molar-refractivity contribution in [1.82, 2.24) is 14.9 Å². The molecule has 2 rings (SSSR count). The number of nitrogens with one attached hydrogen (secondary N) is 1. The molecule has 0 saturated carbocycles. The van der Waals surface area contributed by atoms with Gasteiger partial charge in [-0.2, -0.15) is 4.98 Å². The molecule has 0 atom stereocenters. The van der Waals surface area contributed by atoms with Crippen LogP contribution in [0.1, 0.15) is 10.7 Å². The lowest BCUT2D eigenvalue weighted by atomic mass is 10.5. The van der Waals surface area contributed by atoms with Crippen molar-refractivity contribution in [2.75, 3.05) is 0 Å². The first-order valence-electron chi connectivity index (χ1n) is 4.55. The van der Waals surface area contributed by atoms with Crippen molar-refractivity contribution in [3.8, 4) is 0 Å². The van der Waals surface area contributed by atoms with Gasteiger partial charge in [-0.05, 0) is 11.4 Å². The van der Waals surface area contributed by atoms with Gasteiger partial charge in [0.1, 0.15) is 0 Å². The van der Waals surface area contributed by atoms with Crippen LogP contribution >= 0.6 is 11.3 Å². The smallest absolute Gasteiger partial charge is 0.242 e. The van der Waals surface area contributed by atoms with Crippen LogP contribution in [-0.4, -0.2) is 23.7 Å². The predicted molar refractivity (Wildman–Crippen MR) is 58.6 cm³/mol. The fourth-order valence-electron chi connectivity index (χ4n) is 1.19. The first-order chi connectivity index (χ1) is 8.13. The molecule has 9 heteroatoms. The highest BCUT2D eigenvalue weighted by Crippen LogP contribution is 2.21. The minimum Gasteiger partial charge on any atom is -0.391 e. The Morgan fingerprint density at radius 1 is 1.53 bits per heavy atom. The zero-order chi connectivity index (χ0) is 12.3. The molecule has 0 aliphatic carbocycles. The quantitative estimate of drug-likeness (QED) is 0.802. The molecule has 7 nitrogen and oxygen atoms in total. The normalized spacial score (nSPS) is 11.8. The first-order valence-corrected chi connectivity index (χ1v) is 6.92. The third-order valence-electron chi connectivity index (χ3n) is 1.96. The first kappa shape index (κ1) is 12.2. The molecule has 0 bridgehead atoms. The van der Waals surface area contributed by atoms with Crippen LogP contribution in [0.15, 0.2) is 27.3 Å². The lowest BCUT2D eigenvalue weighted by molar-refractivity contribution is 0.282. The molecular formula is C8H9N3O4S2. The van der Waals surface area contributed by atoms with Gasteiger partial charge in [0.05, 0.1) is 18.0 Å². The highest BCUT2D eigenvalue weighted by molar-refractivity contribution is 7.89. The molecule has 2 N–H and O–H groups in total. The Kier molecular flexibility index (Phi) is 3.52. The zero-order valence-electron chi connectivity index (χ0n) is 8.53. The predicted octanol–water partition coefficient (Wildman–Crippen LogP) is 0.102. The highest BCUT2D eigenvalue weighted by Gasteiger charge is 2.19. The van der Waals surface area contributed by atoms with Crippen molar-refractivity contribution in [3.63, 3.8) is 0 Å². The summed E-state index contributed by atoms with van der Waals surface area (Å²) in [4.78, 5) is 4.16. The average Bonchev–Trinajstić information content (AvgIpc) is 2.97. The number of aliphatic hydroxyl groups is 1. The van der Waals surface area contributed by atoms with Gasteiger partial charge < -0.3 is 9.63 Å². The molecule has 0 spiro atoms. The summed E-state index contributed by atoms with van der Waals surface area (Å²) in [5.41, 5.74) is 0. The Morgan fingerprint density at radius 2 is 2.35 bits per heavy atom. The second kappa shape index (κ2) is 4.92. The van der Waals surface area contributed by atoms with Crippen LogP contribution in [0.4, 0.5) is 0 Å². The molecule has 2 aromatic rings. The minimum atomic E-state index is -3.66. The van der Waals surface area contributed by atoms with Crippen LogP contribution in [0.25, 0.3) is 0 Å². The lowest BCUT2D eigenvalue weighted by Gasteiger charge is -2.04. The summed E-state index contributed by atoms with van der Waals surface area (Å²) in [5, 5.41) is 14.1. The molecule has 0 radical (unpaired) electrons. The molecule has 2 aromatic heterocycles. The molecule has 0 fully saturated rings.